The van der Waals surface area contributed by atoms with Crippen LogP contribution in [-0.2, 0) is 21.9 Å². The van der Waals surface area contributed by atoms with Crippen molar-refractivity contribution in [2.75, 3.05) is 12.8 Å². The number of benzene rings is 2. The zero-order valence-electron chi connectivity index (χ0n) is 16.3. The zero-order valence-corrected chi connectivity index (χ0v) is 20.2. The molecule has 0 heterocycles. The summed E-state index contributed by atoms with van der Waals surface area (Å²) >= 11 is 17.5. The minimum Gasteiger partial charge on any atom is -0.357 e. The van der Waals surface area contributed by atoms with Crippen molar-refractivity contribution >= 4 is 62.7 Å². The van der Waals surface area contributed by atoms with E-state index in [0.717, 1.165) is 10.0 Å². The second kappa shape index (κ2) is 11.8. The van der Waals surface area contributed by atoms with Crippen LogP contribution in [0.3, 0.4) is 0 Å². The van der Waals surface area contributed by atoms with Gasteiger partial charge in [0.05, 0.1) is 5.75 Å². The molecule has 0 fully saturated rings. The van der Waals surface area contributed by atoms with Crippen LogP contribution in [-0.4, -0.2) is 35.6 Å². The smallest absolute Gasteiger partial charge is 0.242 e. The summed E-state index contributed by atoms with van der Waals surface area (Å²) in [7, 11) is 1.57. The van der Waals surface area contributed by atoms with Gasteiger partial charge in [0.15, 0.2) is 0 Å². The lowest BCUT2D eigenvalue weighted by Crippen LogP contribution is -2.48. The maximum Gasteiger partial charge on any atom is 0.242 e. The van der Waals surface area contributed by atoms with E-state index in [4.69, 9.17) is 23.2 Å². The van der Waals surface area contributed by atoms with Crippen LogP contribution in [0.25, 0.3) is 0 Å². The molecule has 156 valence electrons. The third-order valence-corrected chi connectivity index (χ3v) is 6.66. The molecule has 2 amide bonds. The van der Waals surface area contributed by atoms with Gasteiger partial charge in [-0.1, -0.05) is 64.3 Å². The van der Waals surface area contributed by atoms with E-state index in [-0.39, 0.29) is 24.1 Å². The van der Waals surface area contributed by atoms with Gasteiger partial charge >= 0.3 is 0 Å². The Hall–Kier alpha value is -1.21. The molecule has 0 spiro atoms. The molecule has 0 aliphatic heterocycles. The lowest BCUT2D eigenvalue weighted by molar-refractivity contribution is -0.139. The SMILES string of the molecule is CCC(C(=O)NC)N(Cc1c(Cl)cccc1Cl)C(=O)CSCc1ccc(Br)cc1. The Kier molecular flexibility index (Phi) is 9.83. The molecule has 2 aromatic carbocycles. The highest BCUT2D eigenvalue weighted by atomic mass is 79.9. The first-order chi connectivity index (χ1) is 13.9. The van der Waals surface area contributed by atoms with Gasteiger partial charge in [-0.15, -0.1) is 11.8 Å². The van der Waals surface area contributed by atoms with Crippen LogP contribution < -0.4 is 5.32 Å². The van der Waals surface area contributed by atoms with E-state index in [1.54, 1.807) is 30.1 Å². The van der Waals surface area contributed by atoms with E-state index in [2.05, 4.69) is 21.2 Å². The molecule has 0 saturated heterocycles. The summed E-state index contributed by atoms with van der Waals surface area (Å²) in [5, 5.41) is 3.60. The zero-order chi connectivity index (χ0) is 21.4. The number of thioether (sulfide) groups is 1. The average molecular weight is 518 g/mol. The molecular weight excluding hydrogens is 495 g/mol. The van der Waals surface area contributed by atoms with Crippen LogP contribution in [0.2, 0.25) is 10.0 Å². The molecule has 0 aliphatic carbocycles. The van der Waals surface area contributed by atoms with Gasteiger partial charge in [0, 0.05) is 39.4 Å². The molecule has 0 saturated carbocycles. The molecule has 1 N–H and O–H groups in total. The first-order valence-electron chi connectivity index (χ1n) is 9.13. The van der Waals surface area contributed by atoms with Crippen molar-refractivity contribution in [3.05, 3.63) is 68.1 Å². The Labute approximate surface area is 194 Å². The molecule has 0 radical (unpaired) electrons. The second-order valence-electron chi connectivity index (χ2n) is 6.38. The van der Waals surface area contributed by atoms with E-state index < -0.39 is 6.04 Å². The summed E-state index contributed by atoms with van der Waals surface area (Å²) in [6, 6.07) is 12.6. The van der Waals surface area contributed by atoms with Crippen LogP contribution in [0.1, 0.15) is 24.5 Å². The van der Waals surface area contributed by atoms with E-state index in [1.807, 2.05) is 31.2 Å². The molecule has 0 aliphatic rings. The molecule has 2 rings (SSSR count). The van der Waals surface area contributed by atoms with Gasteiger partial charge in [-0.05, 0) is 36.2 Å². The van der Waals surface area contributed by atoms with Crippen molar-refractivity contribution in [1.29, 1.82) is 0 Å². The Morgan fingerprint density at radius 1 is 1.14 bits per heavy atom. The molecule has 0 aromatic heterocycles. The Morgan fingerprint density at radius 2 is 1.76 bits per heavy atom. The van der Waals surface area contributed by atoms with Gasteiger partial charge < -0.3 is 10.2 Å². The van der Waals surface area contributed by atoms with E-state index >= 15 is 0 Å². The van der Waals surface area contributed by atoms with Crippen molar-refractivity contribution in [3.63, 3.8) is 0 Å². The van der Waals surface area contributed by atoms with Crippen molar-refractivity contribution in [3.8, 4) is 0 Å². The number of hydrogen-bond acceptors (Lipinski definition) is 3. The fourth-order valence-corrected chi connectivity index (χ4v) is 4.51. The minimum atomic E-state index is -0.590. The number of hydrogen-bond donors (Lipinski definition) is 1. The first kappa shape index (κ1) is 24.1. The van der Waals surface area contributed by atoms with Gasteiger partial charge in [-0.25, -0.2) is 0 Å². The third-order valence-electron chi connectivity index (χ3n) is 4.43. The van der Waals surface area contributed by atoms with Crippen LogP contribution in [0.5, 0.6) is 0 Å². The average Bonchev–Trinajstić information content (AvgIpc) is 2.71. The molecule has 0 bridgehead atoms. The number of carbonyl (C=O) groups excluding carboxylic acids is 2. The van der Waals surface area contributed by atoms with Gasteiger partial charge in [0.2, 0.25) is 11.8 Å². The summed E-state index contributed by atoms with van der Waals surface area (Å²) in [5.41, 5.74) is 1.77. The number of amides is 2. The summed E-state index contributed by atoms with van der Waals surface area (Å²) in [6.07, 6.45) is 0.491. The highest BCUT2D eigenvalue weighted by Crippen LogP contribution is 2.27. The highest BCUT2D eigenvalue weighted by Gasteiger charge is 2.29. The number of nitrogens with zero attached hydrogens (tertiary/aromatic N) is 1. The summed E-state index contributed by atoms with van der Waals surface area (Å²) in [4.78, 5) is 27.0. The monoisotopic (exact) mass is 516 g/mol. The van der Waals surface area contributed by atoms with Crippen LogP contribution in [0.4, 0.5) is 0 Å². The van der Waals surface area contributed by atoms with Gasteiger partial charge in [0.1, 0.15) is 6.04 Å². The maximum atomic E-state index is 13.1. The van der Waals surface area contributed by atoms with Gasteiger partial charge in [-0.3, -0.25) is 9.59 Å². The van der Waals surface area contributed by atoms with Gasteiger partial charge in [-0.2, -0.15) is 0 Å². The Balaban J connectivity index is 2.15. The Morgan fingerprint density at radius 3 is 2.31 bits per heavy atom. The fraction of sp³-hybridized carbons (Fsp3) is 0.333. The second-order valence-corrected chi connectivity index (χ2v) is 9.10. The molecular formula is C21H23BrCl2N2O2S. The maximum absolute atomic E-state index is 13.1. The van der Waals surface area contributed by atoms with Crippen LogP contribution in [0, 0.1) is 0 Å². The molecule has 8 heteroatoms. The summed E-state index contributed by atoms with van der Waals surface area (Å²) < 4.78 is 1.02. The number of halogens is 3. The molecule has 2 aromatic rings. The lowest BCUT2D eigenvalue weighted by Gasteiger charge is -2.30. The largest absolute Gasteiger partial charge is 0.357 e. The Bertz CT molecular complexity index is 829. The minimum absolute atomic E-state index is 0.126. The third kappa shape index (κ3) is 6.92. The standard InChI is InChI=1S/C21H23BrCl2N2O2S/c1-3-19(21(28)25-2)26(11-16-17(23)5-4-6-18(16)24)20(27)13-29-12-14-7-9-15(22)10-8-14/h4-10,19H,3,11-13H2,1-2H3,(H,25,28). The van der Waals surface area contributed by atoms with E-state index in [1.165, 1.54) is 11.8 Å². The fourth-order valence-electron chi connectivity index (χ4n) is 2.86. The van der Waals surface area contributed by atoms with Crippen molar-refractivity contribution in [2.45, 2.75) is 31.7 Å². The number of nitrogens with one attached hydrogen (secondary N) is 1. The highest BCUT2D eigenvalue weighted by molar-refractivity contribution is 9.10. The number of likely N-dealkylation sites (N-methyl/N-ethyl adjacent to an activating group) is 1. The van der Waals surface area contributed by atoms with Crippen molar-refractivity contribution in [1.82, 2.24) is 10.2 Å². The quantitative estimate of drug-likeness (QED) is 0.474. The number of carbonyl (C=O) groups is 2. The van der Waals surface area contributed by atoms with Crippen molar-refractivity contribution < 1.29 is 9.59 Å². The predicted octanol–water partition coefficient (Wildman–Crippen LogP) is 5.54. The van der Waals surface area contributed by atoms with Crippen LogP contribution >= 0.6 is 50.9 Å². The van der Waals surface area contributed by atoms with E-state index in [9.17, 15) is 9.59 Å². The summed E-state index contributed by atoms with van der Waals surface area (Å²) in [5.74, 6) is 0.628. The molecule has 4 nitrogen and oxygen atoms in total. The lowest BCUT2D eigenvalue weighted by atomic mass is 10.1. The molecule has 1 atom stereocenters. The topological polar surface area (TPSA) is 49.4 Å². The van der Waals surface area contributed by atoms with Crippen molar-refractivity contribution in [2.24, 2.45) is 0 Å². The van der Waals surface area contributed by atoms with E-state index in [0.29, 0.717) is 27.8 Å². The normalized spacial score (nSPS) is 11.8. The first-order valence-corrected chi connectivity index (χ1v) is 11.8. The summed E-state index contributed by atoms with van der Waals surface area (Å²) in [6.45, 7) is 2.06. The molecule has 1 unspecified atom stereocenters. The predicted molar refractivity (Wildman–Crippen MR) is 125 cm³/mol. The van der Waals surface area contributed by atoms with Gasteiger partial charge in [0.25, 0.3) is 0 Å². The molecule has 29 heavy (non-hydrogen) atoms. The number of rotatable bonds is 9. The van der Waals surface area contributed by atoms with Crippen LogP contribution in [0.15, 0.2) is 46.9 Å².